The SMILES string of the molecule is O=C(CNCCC1CCOC1)NC1CC1. The second kappa shape index (κ2) is 5.47. The van der Waals surface area contributed by atoms with E-state index in [1.165, 1.54) is 6.42 Å². The number of rotatable bonds is 6. The number of carbonyl (C=O) groups is 1. The molecule has 1 unspecified atom stereocenters. The summed E-state index contributed by atoms with van der Waals surface area (Å²) in [6.45, 7) is 3.19. The highest BCUT2D eigenvalue weighted by Gasteiger charge is 2.22. The molecule has 0 spiro atoms. The largest absolute Gasteiger partial charge is 0.381 e. The quantitative estimate of drug-likeness (QED) is 0.622. The Kier molecular flexibility index (Phi) is 3.97. The molecule has 1 aliphatic carbocycles. The molecule has 0 aromatic carbocycles. The first-order chi connectivity index (χ1) is 7.34. The lowest BCUT2D eigenvalue weighted by molar-refractivity contribution is -0.120. The highest BCUT2D eigenvalue weighted by Crippen LogP contribution is 2.18. The van der Waals surface area contributed by atoms with Gasteiger partial charge in [-0.1, -0.05) is 0 Å². The maximum atomic E-state index is 11.3. The van der Waals surface area contributed by atoms with E-state index in [-0.39, 0.29) is 5.91 Å². The molecule has 0 aromatic rings. The number of nitrogens with one attached hydrogen (secondary N) is 2. The summed E-state index contributed by atoms with van der Waals surface area (Å²) in [5.41, 5.74) is 0. The smallest absolute Gasteiger partial charge is 0.234 e. The first-order valence-electron chi connectivity index (χ1n) is 5.92. The van der Waals surface area contributed by atoms with Gasteiger partial charge in [0.2, 0.25) is 5.91 Å². The standard InChI is InChI=1S/C11H20N2O2/c14-11(13-10-1-2-10)7-12-5-3-9-4-6-15-8-9/h9-10,12H,1-8H2,(H,13,14). The Morgan fingerprint density at radius 1 is 1.33 bits per heavy atom. The minimum absolute atomic E-state index is 0.139. The lowest BCUT2D eigenvalue weighted by Gasteiger charge is -2.08. The van der Waals surface area contributed by atoms with Gasteiger partial charge < -0.3 is 15.4 Å². The molecule has 0 bridgehead atoms. The Bertz CT molecular complexity index is 211. The summed E-state index contributed by atoms with van der Waals surface area (Å²) in [6.07, 6.45) is 4.61. The van der Waals surface area contributed by atoms with E-state index < -0.39 is 0 Å². The number of ether oxygens (including phenoxy) is 1. The summed E-state index contributed by atoms with van der Waals surface area (Å²) >= 11 is 0. The second-order valence-corrected chi connectivity index (χ2v) is 4.54. The van der Waals surface area contributed by atoms with Gasteiger partial charge in [-0.15, -0.1) is 0 Å². The predicted molar refractivity (Wildman–Crippen MR) is 57.6 cm³/mol. The fourth-order valence-electron chi connectivity index (χ4n) is 1.83. The molecule has 2 fully saturated rings. The molecule has 0 aromatic heterocycles. The van der Waals surface area contributed by atoms with Crippen molar-refractivity contribution in [1.29, 1.82) is 0 Å². The van der Waals surface area contributed by atoms with Gasteiger partial charge in [0.25, 0.3) is 0 Å². The first kappa shape index (κ1) is 10.9. The van der Waals surface area contributed by atoms with Crippen LogP contribution in [0.25, 0.3) is 0 Å². The van der Waals surface area contributed by atoms with E-state index in [4.69, 9.17) is 4.74 Å². The molecule has 1 aliphatic heterocycles. The van der Waals surface area contributed by atoms with Crippen LogP contribution in [0, 0.1) is 5.92 Å². The van der Waals surface area contributed by atoms with Gasteiger partial charge >= 0.3 is 0 Å². The summed E-state index contributed by atoms with van der Waals surface area (Å²) < 4.78 is 5.29. The molecular formula is C11H20N2O2. The van der Waals surface area contributed by atoms with E-state index in [1.807, 2.05) is 0 Å². The lowest BCUT2D eigenvalue weighted by atomic mass is 10.1. The van der Waals surface area contributed by atoms with Crippen molar-refractivity contribution in [3.05, 3.63) is 0 Å². The van der Waals surface area contributed by atoms with E-state index in [2.05, 4.69) is 10.6 Å². The van der Waals surface area contributed by atoms with Crippen molar-refractivity contribution >= 4 is 5.91 Å². The zero-order valence-corrected chi connectivity index (χ0v) is 9.13. The van der Waals surface area contributed by atoms with Gasteiger partial charge in [-0.25, -0.2) is 0 Å². The number of hydrogen-bond acceptors (Lipinski definition) is 3. The van der Waals surface area contributed by atoms with Gasteiger partial charge in [-0.3, -0.25) is 4.79 Å². The van der Waals surface area contributed by atoms with Crippen LogP contribution in [0.4, 0.5) is 0 Å². The minimum Gasteiger partial charge on any atom is -0.381 e. The molecule has 1 amide bonds. The Balaban J connectivity index is 1.44. The third-order valence-corrected chi connectivity index (χ3v) is 2.98. The predicted octanol–water partition coefficient (Wildman–Crippen LogP) is 0.281. The van der Waals surface area contributed by atoms with Gasteiger partial charge in [0.05, 0.1) is 6.54 Å². The van der Waals surface area contributed by atoms with Crippen LogP contribution >= 0.6 is 0 Å². The molecule has 15 heavy (non-hydrogen) atoms. The van der Waals surface area contributed by atoms with Crippen LogP contribution in [0.3, 0.4) is 0 Å². The van der Waals surface area contributed by atoms with E-state index in [9.17, 15) is 4.79 Å². The summed E-state index contributed by atoms with van der Waals surface area (Å²) in [6, 6.07) is 0.475. The van der Waals surface area contributed by atoms with Gasteiger partial charge in [-0.2, -0.15) is 0 Å². The summed E-state index contributed by atoms with van der Waals surface area (Å²) in [5, 5.41) is 6.13. The van der Waals surface area contributed by atoms with Crippen LogP contribution in [-0.4, -0.2) is 38.3 Å². The highest BCUT2D eigenvalue weighted by molar-refractivity contribution is 5.78. The number of hydrogen-bond donors (Lipinski definition) is 2. The third kappa shape index (κ3) is 4.18. The van der Waals surface area contributed by atoms with Crippen LogP contribution in [-0.2, 0) is 9.53 Å². The Morgan fingerprint density at radius 3 is 2.87 bits per heavy atom. The van der Waals surface area contributed by atoms with Crippen molar-refractivity contribution in [3.63, 3.8) is 0 Å². The van der Waals surface area contributed by atoms with E-state index in [0.29, 0.717) is 18.5 Å². The maximum Gasteiger partial charge on any atom is 0.234 e. The molecule has 2 aliphatic rings. The number of amides is 1. The Morgan fingerprint density at radius 2 is 2.20 bits per heavy atom. The van der Waals surface area contributed by atoms with E-state index in [1.54, 1.807) is 0 Å². The third-order valence-electron chi connectivity index (χ3n) is 2.98. The Hall–Kier alpha value is -0.610. The van der Waals surface area contributed by atoms with Crippen LogP contribution in [0.1, 0.15) is 25.7 Å². The molecule has 1 saturated heterocycles. The molecule has 0 radical (unpaired) electrons. The average molecular weight is 212 g/mol. The zero-order valence-electron chi connectivity index (χ0n) is 9.13. The highest BCUT2D eigenvalue weighted by atomic mass is 16.5. The molecule has 2 N–H and O–H groups in total. The fraction of sp³-hybridized carbons (Fsp3) is 0.909. The van der Waals surface area contributed by atoms with Crippen molar-refractivity contribution in [1.82, 2.24) is 10.6 Å². The van der Waals surface area contributed by atoms with Crippen LogP contribution in [0.15, 0.2) is 0 Å². The lowest BCUT2D eigenvalue weighted by Crippen LogP contribution is -2.35. The van der Waals surface area contributed by atoms with E-state index >= 15 is 0 Å². The number of carbonyl (C=O) groups excluding carboxylic acids is 1. The average Bonchev–Trinajstić information content (AvgIpc) is 2.87. The second-order valence-electron chi connectivity index (χ2n) is 4.54. The summed E-state index contributed by atoms with van der Waals surface area (Å²) in [7, 11) is 0. The van der Waals surface area contributed by atoms with Gasteiger partial charge in [0.15, 0.2) is 0 Å². The van der Waals surface area contributed by atoms with Crippen molar-refractivity contribution < 1.29 is 9.53 Å². The van der Waals surface area contributed by atoms with E-state index in [0.717, 1.165) is 39.0 Å². The van der Waals surface area contributed by atoms with Crippen LogP contribution in [0.2, 0.25) is 0 Å². The first-order valence-corrected chi connectivity index (χ1v) is 5.92. The fourth-order valence-corrected chi connectivity index (χ4v) is 1.83. The Labute approximate surface area is 90.8 Å². The molecule has 2 rings (SSSR count). The molecule has 4 nitrogen and oxygen atoms in total. The summed E-state index contributed by atoms with van der Waals surface area (Å²) in [4.78, 5) is 11.3. The van der Waals surface area contributed by atoms with Crippen LogP contribution in [0.5, 0.6) is 0 Å². The topological polar surface area (TPSA) is 50.4 Å². The molecule has 1 saturated carbocycles. The van der Waals surface area contributed by atoms with Crippen molar-refractivity contribution in [3.8, 4) is 0 Å². The summed E-state index contributed by atoms with van der Waals surface area (Å²) in [5.74, 6) is 0.837. The molecule has 4 heteroatoms. The van der Waals surface area contributed by atoms with Crippen molar-refractivity contribution in [2.45, 2.75) is 31.7 Å². The van der Waals surface area contributed by atoms with Gasteiger partial charge in [0.1, 0.15) is 0 Å². The van der Waals surface area contributed by atoms with Crippen LogP contribution < -0.4 is 10.6 Å². The molecule has 86 valence electrons. The maximum absolute atomic E-state index is 11.3. The molecule has 1 atom stereocenters. The normalized spacial score (nSPS) is 25.5. The molecule has 1 heterocycles. The van der Waals surface area contributed by atoms with Gasteiger partial charge in [0, 0.05) is 19.3 Å². The molecular weight excluding hydrogens is 192 g/mol. The van der Waals surface area contributed by atoms with Crippen molar-refractivity contribution in [2.75, 3.05) is 26.3 Å². The van der Waals surface area contributed by atoms with Crippen molar-refractivity contribution in [2.24, 2.45) is 5.92 Å². The monoisotopic (exact) mass is 212 g/mol. The van der Waals surface area contributed by atoms with Gasteiger partial charge in [-0.05, 0) is 38.1 Å². The zero-order chi connectivity index (χ0) is 10.5. The minimum atomic E-state index is 0.139.